The largest absolute Gasteiger partial charge is 0.416 e. The molecule has 0 aliphatic rings. The Hall–Kier alpha value is -3.57. The third-order valence-electron chi connectivity index (χ3n) is 6.15. The van der Waals surface area contributed by atoms with Gasteiger partial charge in [-0.15, -0.1) is 0 Å². The first-order valence-electron chi connectivity index (χ1n) is 13.0. The van der Waals surface area contributed by atoms with Crippen molar-refractivity contribution in [2.45, 2.75) is 51.5 Å². The van der Waals surface area contributed by atoms with Crippen LogP contribution in [-0.2, 0) is 38.8 Å². The van der Waals surface area contributed by atoms with Crippen molar-refractivity contribution in [3.05, 3.63) is 101 Å². The highest BCUT2D eigenvalue weighted by molar-refractivity contribution is 7.92. The molecule has 0 aromatic heterocycles. The lowest BCUT2D eigenvalue weighted by Gasteiger charge is -2.35. The molecule has 1 atom stereocenters. The predicted molar refractivity (Wildman–Crippen MR) is 157 cm³/mol. The zero-order chi connectivity index (χ0) is 31.3. The lowest BCUT2D eigenvalue weighted by molar-refractivity contribution is -0.140. The van der Waals surface area contributed by atoms with E-state index < -0.39 is 51.7 Å². The molecule has 3 aromatic carbocycles. The first-order valence-corrected chi connectivity index (χ1v) is 15.2. The van der Waals surface area contributed by atoms with Gasteiger partial charge in [0.25, 0.3) is 0 Å². The van der Waals surface area contributed by atoms with E-state index in [1.165, 1.54) is 11.0 Å². The Balaban J connectivity index is 2.10. The van der Waals surface area contributed by atoms with E-state index in [9.17, 15) is 31.2 Å². The molecular weight excluding hydrogens is 591 g/mol. The third kappa shape index (κ3) is 9.49. The summed E-state index contributed by atoms with van der Waals surface area (Å²) in [4.78, 5) is 29.0. The van der Waals surface area contributed by atoms with Gasteiger partial charge >= 0.3 is 6.18 Å². The van der Waals surface area contributed by atoms with Gasteiger partial charge in [0, 0.05) is 23.5 Å². The van der Waals surface area contributed by atoms with E-state index in [0.29, 0.717) is 21.0 Å². The third-order valence-corrected chi connectivity index (χ3v) is 7.53. The fraction of sp³-hybridized carbons (Fsp3) is 0.333. The second-order valence-corrected chi connectivity index (χ2v) is 13.3. The second kappa shape index (κ2) is 13.2. The summed E-state index contributed by atoms with van der Waals surface area (Å²) in [6, 6.07) is 18.2. The SMILES string of the molecule is CC(C)(C)NC(=O)[C@@H](Cc1ccccc1)N(Cc1cccc(Cl)c1)C(=O)CN(c1cccc(C(F)(F)F)c1)S(C)(=O)=O. The molecule has 0 aliphatic carbocycles. The Bertz CT molecular complexity index is 1510. The van der Waals surface area contributed by atoms with Crippen molar-refractivity contribution >= 4 is 39.1 Å². The molecule has 0 unspecified atom stereocenters. The van der Waals surface area contributed by atoms with Crippen LogP contribution in [0.1, 0.15) is 37.5 Å². The van der Waals surface area contributed by atoms with Gasteiger partial charge in [0.1, 0.15) is 12.6 Å². The summed E-state index contributed by atoms with van der Waals surface area (Å²) in [7, 11) is -4.23. The quantitative estimate of drug-likeness (QED) is 0.315. The van der Waals surface area contributed by atoms with Crippen LogP contribution in [0.25, 0.3) is 0 Å². The van der Waals surface area contributed by atoms with E-state index in [1.54, 1.807) is 69.3 Å². The molecule has 226 valence electrons. The first-order chi connectivity index (χ1) is 19.4. The average molecular weight is 624 g/mol. The molecule has 2 amide bonds. The summed E-state index contributed by atoms with van der Waals surface area (Å²) < 4.78 is 66.5. The van der Waals surface area contributed by atoms with Gasteiger partial charge in [-0.3, -0.25) is 13.9 Å². The van der Waals surface area contributed by atoms with Gasteiger partial charge in [0.05, 0.1) is 17.5 Å². The number of nitrogens with one attached hydrogen (secondary N) is 1. The lowest BCUT2D eigenvalue weighted by atomic mass is 10.0. The van der Waals surface area contributed by atoms with Crippen molar-refractivity contribution in [3.63, 3.8) is 0 Å². The van der Waals surface area contributed by atoms with Gasteiger partial charge in [0.2, 0.25) is 21.8 Å². The Morgan fingerprint density at radius 3 is 2.10 bits per heavy atom. The number of anilines is 1. The van der Waals surface area contributed by atoms with Gasteiger partial charge in [-0.25, -0.2) is 8.42 Å². The van der Waals surface area contributed by atoms with Crippen LogP contribution in [0.5, 0.6) is 0 Å². The number of hydrogen-bond donors (Lipinski definition) is 1. The van der Waals surface area contributed by atoms with Crippen molar-refractivity contribution in [2.24, 2.45) is 0 Å². The predicted octanol–water partition coefficient (Wildman–Crippen LogP) is 5.68. The van der Waals surface area contributed by atoms with Crippen LogP contribution in [0.3, 0.4) is 0 Å². The maximum Gasteiger partial charge on any atom is 0.416 e. The molecule has 0 heterocycles. The molecule has 0 spiro atoms. The molecule has 0 aliphatic heterocycles. The summed E-state index contributed by atoms with van der Waals surface area (Å²) in [5.41, 5.74) is -0.741. The fourth-order valence-electron chi connectivity index (χ4n) is 4.29. The number of sulfonamides is 1. The average Bonchev–Trinajstić information content (AvgIpc) is 2.87. The Morgan fingerprint density at radius 2 is 1.52 bits per heavy atom. The molecule has 0 saturated heterocycles. The number of halogens is 4. The van der Waals surface area contributed by atoms with E-state index in [4.69, 9.17) is 11.6 Å². The maximum absolute atomic E-state index is 14.0. The Morgan fingerprint density at radius 1 is 0.905 bits per heavy atom. The van der Waals surface area contributed by atoms with Crippen LogP contribution in [0.15, 0.2) is 78.9 Å². The number of alkyl halides is 3. The molecule has 0 fully saturated rings. The standard InChI is InChI=1S/C30H33ClF3N3O4S/c1-29(2,3)35-28(39)26(17-21-10-6-5-7-11-21)36(19-22-12-8-14-24(31)16-22)27(38)20-37(42(4,40)41)25-15-9-13-23(18-25)30(32,33)34/h5-16,18,26H,17,19-20H2,1-4H3,(H,35,39)/t26-/m1/s1. The van der Waals surface area contributed by atoms with E-state index in [1.807, 2.05) is 6.07 Å². The van der Waals surface area contributed by atoms with Crippen LogP contribution in [0.2, 0.25) is 5.02 Å². The molecular formula is C30H33ClF3N3O4S. The highest BCUT2D eigenvalue weighted by Gasteiger charge is 2.35. The zero-order valence-corrected chi connectivity index (χ0v) is 25.2. The van der Waals surface area contributed by atoms with Gasteiger partial charge in [-0.2, -0.15) is 13.2 Å². The van der Waals surface area contributed by atoms with Crippen LogP contribution < -0.4 is 9.62 Å². The molecule has 1 N–H and O–H groups in total. The number of benzene rings is 3. The van der Waals surface area contributed by atoms with E-state index in [0.717, 1.165) is 24.0 Å². The number of rotatable bonds is 10. The summed E-state index contributed by atoms with van der Waals surface area (Å²) in [5, 5.41) is 3.28. The summed E-state index contributed by atoms with van der Waals surface area (Å²) in [6.07, 6.45) is -3.83. The minimum atomic E-state index is -4.73. The summed E-state index contributed by atoms with van der Waals surface area (Å²) in [5.74, 6) is -1.27. The van der Waals surface area contributed by atoms with E-state index >= 15 is 0 Å². The second-order valence-electron chi connectivity index (χ2n) is 10.9. The maximum atomic E-state index is 14.0. The van der Waals surface area contributed by atoms with Crippen LogP contribution in [0, 0.1) is 0 Å². The summed E-state index contributed by atoms with van der Waals surface area (Å²) >= 11 is 6.18. The van der Waals surface area contributed by atoms with Crippen LogP contribution >= 0.6 is 11.6 Å². The smallest absolute Gasteiger partial charge is 0.350 e. The normalized spacial score (nSPS) is 12.9. The number of hydrogen-bond acceptors (Lipinski definition) is 4. The molecule has 3 aromatic rings. The number of nitrogens with zero attached hydrogens (tertiary/aromatic N) is 2. The Kier molecular flexibility index (Phi) is 10.3. The van der Waals surface area contributed by atoms with Crippen LogP contribution in [-0.4, -0.2) is 49.5 Å². The molecule has 0 bridgehead atoms. The monoisotopic (exact) mass is 623 g/mol. The number of carbonyl (C=O) groups excluding carboxylic acids is 2. The topological polar surface area (TPSA) is 86.8 Å². The molecule has 3 rings (SSSR count). The minimum Gasteiger partial charge on any atom is -0.350 e. The Labute approximate surface area is 249 Å². The first kappa shape index (κ1) is 32.9. The van der Waals surface area contributed by atoms with E-state index in [-0.39, 0.29) is 18.7 Å². The van der Waals surface area contributed by atoms with Crippen molar-refractivity contribution in [1.82, 2.24) is 10.2 Å². The summed E-state index contributed by atoms with van der Waals surface area (Å²) in [6.45, 7) is 4.40. The number of carbonyl (C=O) groups is 2. The highest BCUT2D eigenvalue weighted by Crippen LogP contribution is 2.32. The molecule has 0 radical (unpaired) electrons. The van der Waals surface area contributed by atoms with Gasteiger partial charge < -0.3 is 10.2 Å². The van der Waals surface area contributed by atoms with Crippen molar-refractivity contribution in [3.8, 4) is 0 Å². The highest BCUT2D eigenvalue weighted by atomic mass is 35.5. The molecule has 0 saturated carbocycles. The van der Waals surface area contributed by atoms with Gasteiger partial charge in [-0.05, 0) is 62.2 Å². The van der Waals surface area contributed by atoms with Gasteiger partial charge in [-0.1, -0.05) is 60.1 Å². The van der Waals surface area contributed by atoms with Crippen molar-refractivity contribution < 1.29 is 31.2 Å². The molecule has 12 heteroatoms. The van der Waals surface area contributed by atoms with Gasteiger partial charge in [0.15, 0.2) is 0 Å². The number of amides is 2. The molecule has 7 nitrogen and oxygen atoms in total. The molecule has 42 heavy (non-hydrogen) atoms. The fourth-order valence-corrected chi connectivity index (χ4v) is 5.34. The van der Waals surface area contributed by atoms with Crippen LogP contribution in [0.4, 0.5) is 18.9 Å². The lowest BCUT2D eigenvalue weighted by Crippen LogP contribution is -2.56. The van der Waals surface area contributed by atoms with E-state index in [2.05, 4.69) is 5.32 Å². The zero-order valence-electron chi connectivity index (χ0n) is 23.7. The van der Waals surface area contributed by atoms with Crippen molar-refractivity contribution in [2.75, 3.05) is 17.1 Å². The van der Waals surface area contributed by atoms with Crippen molar-refractivity contribution in [1.29, 1.82) is 0 Å². The minimum absolute atomic E-state index is 0.0947.